The van der Waals surface area contributed by atoms with Crippen molar-refractivity contribution in [1.29, 1.82) is 0 Å². The van der Waals surface area contributed by atoms with Crippen molar-refractivity contribution >= 4 is 28.2 Å². The molecule has 1 aliphatic rings. The van der Waals surface area contributed by atoms with Gasteiger partial charge in [0, 0.05) is 17.1 Å². The summed E-state index contributed by atoms with van der Waals surface area (Å²) < 4.78 is 5.13. The first kappa shape index (κ1) is 16.1. The van der Waals surface area contributed by atoms with Gasteiger partial charge in [0.1, 0.15) is 11.8 Å². The first-order valence-corrected chi connectivity index (χ1v) is 8.50. The molecule has 0 aliphatic carbocycles. The van der Waals surface area contributed by atoms with Gasteiger partial charge in [0.2, 0.25) is 5.78 Å². The van der Waals surface area contributed by atoms with Gasteiger partial charge in [-0.1, -0.05) is 18.2 Å². The van der Waals surface area contributed by atoms with E-state index in [1.165, 1.54) is 46.9 Å². The normalized spacial score (nSPS) is 17.2. The number of ketones is 1. The topological polar surface area (TPSA) is 104 Å². The van der Waals surface area contributed by atoms with Crippen LogP contribution < -0.4 is 4.90 Å². The minimum atomic E-state index is -1.02. The van der Waals surface area contributed by atoms with Crippen molar-refractivity contribution in [2.45, 2.75) is 6.04 Å². The van der Waals surface area contributed by atoms with Crippen LogP contribution in [0.2, 0.25) is 0 Å². The number of phenolic OH excluding ortho intramolecular Hbond substituents is 1. The first-order valence-electron chi connectivity index (χ1n) is 7.62. The second-order valence-electron chi connectivity index (χ2n) is 5.52. The van der Waals surface area contributed by atoms with Gasteiger partial charge >= 0.3 is 0 Å². The smallest absolute Gasteiger partial charge is 0.296 e. The number of rotatable bonds is 4. The van der Waals surface area contributed by atoms with Crippen molar-refractivity contribution in [2.24, 2.45) is 0 Å². The fraction of sp³-hybridized carbons (Fsp3) is 0.0556. The molecular weight excluding hydrogens is 356 g/mol. The molecule has 130 valence electrons. The zero-order chi connectivity index (χ0) is 18.3. The van der Waals surface area contributed by atoms with Gasteiger partial charge in [-0.15, -0.1) is 11.3 Å². The van der Waals surface area contributed by atoms with Gasteiger partial charge in [-0.05, 0) is 18.2 Å². The van der Waals surface area contributed by atoms with E-state index in [9.17, 15) is 19.8 Å². The number of para-hydroxylation sites is 1. The molecule has 0 spiro atoms. The van der Waals surface area contributed by atoms with Crippen molar-refractivity contribution in [1.82, 2.24) is 4.98 Å². The minimum Gasteiger partial charge on any atom is -0.508 e. The fourth-order valence-corrected chi connectivity index (χ4v) is 3.59. The Kier molecular flexibility index (Phi) is 3.81. The van der Waals surface area contributed by atoms with Crippen LogP contribution in [0, 0.1) is 0 Å². The lowest BCUT2D eigenvalue weighted by Gasteiger charge is -2.24. The van der Waals surface area contributed by atoms with E-state index in [0.717, 1.165) is 0 Å². The number of carbonyl (C=O) groups is 2. The molecule has 26 heavy (non-hydrogen) atoms. The van der Waals surface area contributed by atoms with Crippen molar-refractivity contribution in [3.8, 4) is 5.75 Å². The summed E-state index contributed by atoms with van der Waals surface area (Å²) in [6, 6.07) is 8.29. The first-order chi connectivity index (χ1) is 12.6. The molecule has 1 atom stereocenters. The number of aromatic hydroxyl groups is 1. The van der Waals surface area contributed by atoms with E-state index in [-0.39, 0.29) is 17.1 Å². The Balaban J connectivity index is 1.91. The van der Waals surface area contributed by atoms with Crippen LogP contribution >= 0.6 is 11.3 Å². The molecule has 2 aromatic heterocycles. The van der Waals surface area contributed by atoms with Crippen LogP contribution in [0.5, 0.6) is 5.75 Å². The van der Waals surface area contributed by atoms with E-state index in [1.54, 1.807) is 23.6 Å². The number of Topliss-reactive ketones (excluding diaryl/α,β-unsaturated/α-hetero) is 1. The molecular formula is C18H12N2O5S. The number of hydrogen-bond donors (Lipinski definition) is 2. The third kappa shape index (κ3) is 2.39. The highest BCUT2D eigenvalue weighted by molar-refractivity contribution is 7.13. The lowest BCUT2D eigenvalue weighted by molar-refractivity contribution is -0.117. The number of aromatic nitrogens is 1. The number of thiazole rings is 1. The second-order valence-corrected chi connectivity index (χ2v) is 6.39. The summed E-state index contributed by atoms with van der Waals surface area (Å²) in [5.41, 5.74) is 0.136. The van der Waals surface area contributed by atoms with E-state index in [2.05, 4.69) is 4.98 Å². The standard InChI is InChI=1S/C18H12N2O5S/c21-11-5-2-1-4-10(11)14-13(15(22)12-6-3-8-25-12)16(23)17(24)20(14)18-19-7-9-26-18/h1-9,14,21,23H. The van der Waals surface area contributed by atoms with E-state index in [0.29, 0.717) is 10.7 Å². The number of anilines is 1. The molecule has 0 bridgehead atoms. The number of aliphatic hydroxyl groups excluding tert-OH is 1. The van der Waals surface area contributed by atoms with Gasteiger partial charge in [0.05, 0.1) is 11.8 Å². The highest BCUT2D eigenvalue weighted by Crippen LogP contribution is 2.44. The number of amides is 1. The molecule has 4 rings (SSSR count). The summed E-state index contributed by atoms with van der Waals surface area (Å²) in [5, 5.41) is 22.7. The summed E-state index contributed by atoms with van der Waals surface area (Å²) in [6.07, 6.45) is 2.84. The maximum atomic E-state index is 12.9. The maximum absolute atomic E-state index is 12.9. The molecule has 1 aromatic carbocycles. The highest BCUT2D eigenvalue weighted by Gasteiger charge is 2.47. The molecule has 0 saturated carbocycles. The molecule has 2 N–H and O–H groups in total. The van der Waals surface area contributed by atoms with E-state index >= 15 is 0 Å². The Labute approximate surface area is 151 Å². The predicted octanol–water partition coefficient (Wildman–Crippen LogP) is 3.22. The van der Waals surface area contributed by atoms with Crippen LogP contribution in [0.25, 0.3) is 0 Å². The van der Waals surface area contributed by atoms with Crippen LogP contribution in [-0.4, -0.2) is 26.9 Å². The van der Waals surface area contributed by atoms with Crippen molar-refractivity contribution < 1.29 is 24.2 Å². The third-order valence-corrected chi connectivity index (χ3v) is 4.83. The van der Waals surface area contributed by atoms with E-state index in [4.69, 9.17) is 4.42 Å². The summed E-state index contributed by atoms with van der Waals surface area (Å²) in [5.74, 6) is -2.20. The van der Waals surface area contributed by atoms with Gasteiger partial charge in [-0.2, -0.15) is 0 Å². The molecule has 0 fully saturated rings. The molecule has 3 heterocycles. The molecule has 8 heteroatoms. The number of phenols is 1. The Morgan fingerprint density at radius 2 is 2.00 bits per heavy atom. The molecule has 1 amide bonds. The van der Waals surface area contributed by atoms with Crippen LogP contribution in [-0.2, 0) is 4.79 Å². The Hall–Kier alpha value is -3.39. The second kappa shape index (κ2) is 6.16. The highest BCUT2D eigenvalue weighted by atomic mass is 32.1. The number of furan rings is 1. The van der Waals surface area contributed by atoms with E-state index in [1.807, 2.05) is 0 Å². The predicted molar refractivity (Wildman–Crippen MR) is 93.1 cm³/mol. The maximum Gasteiger partial charge on any atom is 0.296 e. The van der Waals surface area contributed by atoms with Gasteiger partial charge in [-0.3, -0.25) is 14.5 Å². The Bertz CT molecular complexity index is 1010. The number of carbonyl (C=O) groups excluding carboxylic acids is 2. The summed E-state index contributed by atoms with van der Waals surface area (Å²) in [4.78, 5) is 30.9. The Morgan fingerprint density at radius 3 is 2.65 bits per heavy atom. The van der Waals surface area contributed by atoms with Gasteiger partial charge < -0.3 is 14.6 Å². The third-order valence-electron chi connectivity index (χ3n) is 4.05. The molecule has 3 aromatic rings. The zero-order valence-corrected chi connectivity index (χ0v) is 14.0. The zero-order valence-electron chi connectivity index (χ0n) is 13.2. The molecule has 0 radical (unpaired) electrons. The minimum absolute atomic E-state index is 0.0132. The number of nitrogens with zero attached hydrogens (tertiary/aromatic N) is 2. The van der Waals surface area contributed by atoms with Crippen LogP contribution in [0.4, 0.5) is 5.13 Å². The molecule has 1 aliphatic heterocycles. The van der Waals surface area contributed by atoms with Crippen molar-refractivity contribution in [3.05, 3.63) is 76.9 Å². The summed E-state index contributed by atoms with van der Waals surface area (Å²) in [7, 11) is 0. The number of aliphatic hydroxyl groups is 1. The number of benzene rings is 1. The summed E-state index contributed by atoms with van der Waals surface area (Å²) >= 11 is 1.18. The number of hydrogen-bond acceptors (Lipinski definition) is 7. The summed E-state index contributed by atoms with van der Waals surface area (Å²) in [6.45, 7) is 0. The average Bonchev–Trinajstić information content (AvgIpc) is 3.37. The van der Waals surface area contributed by atoms with Gasteiger partial charge in [0.15, 0.2) is 16.7 Å². The van der Waals surface area contributed by atoms with Gasteiger partial charge in [-0.25, -0.2) is 4.98 Å². The monoisotopic (exact) mass is 368 g/mol. The molecule has 0 saturated heterocycles. The fourth-order valence-electron chi connectivity index (χ4n) is 2.92. The van der Waals surface area contributed by atoms with E-state index < -0.39 is 23.5 Å². The average molecular weight is 368 g/mol. The van der Waals surface area contributed by atoms with Gasteiger partial charge in [0.25, 0.3) is 5.91 Å². The van der Waals surface area contributed by atoms with Crippen molar-refractivity contribution in [3.63, 3.8) is 0 Å². The SMILES string of the molecule is O=C(C1=C(O)C(=O)N(c2nccs2)C1c1ccccc1O)c1ccco1. The molecule has 1 unspecified atom stereocenters. The largest absolute Gasteiger partial charge is 0.508 e. The van der Waals surface area contributed by atoms with Crippen LogP contribution in [0.1, 0.15) is 22.2 Å². The van der Waals surface area contributed by atoms with Crippen molar-refractivity contribution in [2.75, 3.05) is 4.90 Å². The van der Waals surface area contributed by atoms with Crippen LogP contribution in [0.3, 0.4) is 0 Å². The van der Waals surface area contributed by atoms with Crippen LogP contribution in [0.15, 0.2) is 70.0 Å². The lowest BCUT2D eigenvalue weighted by atomic mass is 9.94. The molecule has 7 nitrogen and oxygen atoms in total. The quantitative estimate of drug-likeness (QED) is 0.685. The Morgan fingerprint density at radius 1 is 1.19 bits per heavy atom. The lowest BCUT2D eigenvalue weighted by Crippen LogP contribution is -2.31.